The first-order valence-electron chi connectivity index (χ1n) is 16.1. The number of hydrogen-bond acceptors (Lipinski definition) is 9. The quantitative estimate of drug-likeness (QED) is 0.363. The maximum absolute atomic E-state index is 13.7. The summed E-state index contributed by atoms with van der Waals surface area (Å²) in [6.45, 7) is 8.05. The molecule has 4 N–H and O–H groups in total. The van der Waals surface area contributed by atoms with Crippen molar-refractivity contribution in [1.29, 1.82) is 0 Å². The van der Waals surface area contributed by atoms with Gasteiger partial charge in [-0.25, -0.2) is 4.98 Å². The number of methoxy groups -OCH3 is 2. The minimum Gasteiger partial charge on any atom is -0.497 e. The lowest BCUT2D eigenvalue weighted by atomic mass is 9.94. The van der Waals surface area contributed by atoms with Crippen molar-refractivity contribution in [2.45, 2.75) is 77.9 Å². The molecule has 0 unspecified atom stereocenters. The van der Waals surface area contributed by atoms with Crippen LogP contribution in [-0.2, 0) is 14.4 Å². The van der Waals surface area contributed by atoms with E-state index in [2.05, 4.69) is 26.3 Å². The van der Waals surface area contributed by atoms with Crippen molar-refractivity contribution in [3.63, 3.8) is 0 Å². The lowest BCUT2D eigenvalue weighted by molar-refractivity contribution is -0.132. The Morgan fingerprint density at radius 2 is 1.64 bits per heavy atom. The highest BCUT2D eigenvalue weighted by molar-refractivity contribution is 5.97. The van der Waals surface area contributed by atoms with E-state index in [9.17, 15) is 24.0 Å². The molecule has 2 aromatic rings. The number of nitrogens with zero attached hydrogens (tertiary/aromatic N) is 2. The number of amides is 5. The summed E-state index contributed by atoms with van der Waals surface area (Å²) in [5.74, 6) is -0.834. The number of ether oxygens (including phenoxy) is 2. The Kier molecular flexibility index (Phi) is 11.8. The van der Waals surface area contributed by atoms with Gasteiger partial charge in [-0.15, -0.1) is 0 Å². The van der Waals surface area contributed by atoms with Gasteiger partial charge in [0.1, 0.15) is 35.4 Å². The molecule has 14 nitrogen and oxygen atoms in total. The number of rotatable bonds is 6. The van der Waals surface area contributed by atoms with E-state index in [0.717, 1.165) is 0 Å². The van der Waals surface area contributed by atoms with E-state index in [1.165, 1.54) is 14.2 Å². The number of carbonyl (C=O) groups is 5. The van der Waals surface area contributed by atoms with Gasteiger partial charge >= 0.3 is 0 Å². The average Bonchev–Trinajstić information content (AvgIpc) is 3.45. The summed E-state index contributed by atoms with van der Waals surface area (Å²) in [7, 11) is 3.04. The smallest absolute Gasteiger partial charge is 0.274 e. The lowest BCUT2D eigenvalue weighted by Gasteiger charge is -2.32. The highest BCUT2D eigenvalue weighted by Crippen LogP contribution is 2.27. The normalized spacial score (nSPS) is 21.8. The Hall–Kier alpha value is -4.62. The van der Waals surface area contributed by atoms with Gasteiger partial charge in [0.05, 0.1) is 14.2 Å². The van der Waals surface area contributed by atoms with E-state index in [0.29, 0.717) is 68.8 Å². The van der Waals surface area contributed by atoms with Crippen molar-refractivity contribution in [3.05, 3.63) is 41.1 Å². The summed E-state index contributed by atoms with van der Waals surface area (Å²) in [4.78, 5) is 71.9. The van der Waals surface area contributed by atoms with Gasteiger partial charge in [-0.05, 0) is 64.0 Å². The number of aryl methyl sites for hydroxylation is 1. The second-order valence-corrected chi connectivity index (χ2v) is 12.4. The molecule has 5 amide bonds. The van der Waals surface area contributed by atoms with Gasteiger partial charge in [-0.1, -0.05) is 13.8 Å². The minimum atomic E-state index is -0.853. The van der Waals surface area contributed by atoms with Crippen LogP contribution in [0.3, 0.4) is 0 Å². The van der Waals surface area contributed by atoms with Gasteiger partial charge in [0, 0.05) is 37.2 Å². The van der Waals surface area contributed by atoms with Crippen molar-refractivity contribution in [2.75, 3.05) is 33.9 Å². The van der Waals surface area contributed by atoms with E-state index in [1.807, 2.05) is 13.8 Å². The number of benzene rings is 1. The molecule has 4 rings (SSSR count). The fourth-order valence-corrected chi connectivity index (χ4v) is 5.71. The van der Waals surface area contributed by atoms with Gasteiger partial charge in [-0.2, -0.15) is 0 Å². The Bertz CT molecular complexity index is 1440. The molecule has 14 heteroatoms. The molecule has 1 saturated heterocycles. The molecule has 47 heavy (non-hydrogen) atoms. The number of fused-ring (bicyclic) bond motifs is 2. The zero-order valence-electron chi connectivity index (χ0n) is 27.9. The summed E-state index contributed by atoms with van der Waals surface area (Å²) in [6, 6.07) is 2.70. The van der Waals surface area contributed by atoms with Crippen LogP contribution in [0, 0.1) is 18.8 Å². The monoisotopic (exact) mass is 654 g/mol. The van der Waals surface area contributed by atoms with E-state index in [4.69, 9.17) is 13.9 Å². The van der Waals surface area contributed by atoms with Crippen molar-refractivity contribution in [3.8, 4) is 11.5 Å². The molecule has 0 aliphatic carbocycles. The summed E-state index contributed by atoms with van der Waals surface area (Å²) in [5.41, 5.74) is 0.470. The number of oxazole rings is 1. The van der Waals surface area contributed by atoms with Gasteiger partial charge in [0.15, 0.2) is 5.69 Å². The Labute approximate surface area is 274 Å². The van der Waals surface area contributed by atoms with Crippen LogP contribution in [0.5, 0.6) is 11.5 Å². The zero-order valence-corrected chi connectivity index (χ0v) is 27.9. The zero-order chi connectivity index (χ0) is 34.2. The number of nitrogens with one attached hydrogen (secondary N) is 4. The summed E-state index contributed by atoms with van der Waals surface area (Å²) < 4.78 is 16.4. The third-order valence-electron chi connectivity index (χ3n) is 8.60. The summed E-state index contributed by atoms with van der Waals surface area (Å²) in [5, 5.41) is 11.4. The fourth-order valence-electron chi connectivity index (χ4n) is 5.71. The van der Waals surface area contributed by atoms with Crippen LogP contribution >= 0.6 is 0 Å². The maximum Gasteiger partial charge on any atom is 0.274 e. The van der Waals surface area contributed by atoms with Crippen molar-refractivity contribution in [2.24, 2.45) is 11.8 Å². The number of likely N-dealkylation sites (tertiary alicyclic amines) is 1. The van der Waals surface area contributed by atoms with Crippen molar-refractivity contribution < 1.29 is 37.9 Å². The molecule has 0 spiro atoms. The van der Waals surface area contributed by atoms with Crippen LogP contribution < -0.4 is 30.7 Å². The number of carbonyl (C=O) groups excluding carboxylic acids is 5. The largest absolute Gasteiger partial charge is 0.497 e. The molecule has 3 atom stereocenters. The molecule has 2 aliphatic heterocycles. The highest BCUT2D eigenvalue weighted by Gasteiger charge is 2.33. The minimum absolute atomic E-state index is 0.0341. The maximum atomic E-state index is 13.7. The van der Waals surface area contributed by atoms with Crippen molar-refractivity contribution in [1.82, 2.24) is 31.2 Å². The van der Waals surface area contributed by atoms with E-state index in [1.54, 1.807) is 36.9 Å². The molecule has 1 fully saturated rings. The van der Waals surface area contributed by atoms with Gasteiger partial charge < -0.3 is 40.1 Å². The molecule has 256 valence electrons. The van der Waals surface area contributed by atoms with Gasteiger partial charge in [0.2, 0.25) is 23.6 Å². The molecule has 2 bridgehead atoms. The van der Waals surface area contributed by atoms with Gasteiger partial charge in [0.25, 0.3) is 11.8 Å². The first kappa shape index (κ1) is 35.2. The van der Waals surface area contributed by atoms with Crippen LogP contribution in [0.1, 0.15) is 91.4 Å². The lowest BCUT2D eigenvalue weighted by Crippen LogP contribution is -2.51. The molecule has 2 aliphatic rings. The summed E-state index contributed by atoms with van der Waals surface area (Å²) >= 11 is 0. The molecule has 1 aromatic carbocycles. The fraction of sp³-hybridized carbons (Fsp3) is 0.576. The topological polar surface area (TPSA) is 181 Å². The molecular formula is C33H46N6O8. The molecule has 0 saturated carbocycles. The Morgan fingerprint density at radius 3 is 2.26 bits per heavy atom. The van der Waals surface area contributed by atoms with Crippen LogP contribution in [0.4, 0.5) is 0 Å². The van der Waals surface area contributed by atoms with Crippen LogP contribution in [-0.4, -0.2) is 85.4 Å². The summed E-state index contributed by atoms with van der Waals surface area (Å²) in [6.07, 6.45) is 2.33. The standard InChI is InChI=1S/C33H46N6O8/c1-18(2)26-32-38-27(20(4)47-32)31(43)35-19(3)28(40)34-12-8-7-9-25(30(42)37-26)36-29(41)21-10-13-39(14-11-21)33(44)22-15-23(45-5)17-24(16-22)46-6/h15-19,21,25-26H,7-14H2,1-6H3,(H,34,40)(H,35,43)(H,36,41)(H,37,42)/t19-,25+,26+/m1/s1. The van der Waals surface area contributed by atoms with Crippen molar-refractivity contribution >= 4 is 29.5 Å². The second kappa shape index (κ2) is 15.8. The Morgan fingerprint density at radius 1 is 0.979 bits per heavy atom. The second-order valence-electron chi connectivity index (χ2n) is 12.4. The SMILES string of the molecule is COc1cc(OC)cc(C(=O)N2CCC(C(=O)N[C@H]3CCCCNC(=O)[C@@H](C)NC(=O)c4nc(oc4C)[C@H](C(C)C)NC3=O)CC2)c1. The molecule has 0 radical (unpaired) electrons. The van der Waals surface area contributed by atoms with Gasteiger partial charge in [-0.3, -0.25) is 24.0 Å². The number of hydrogen-bond donors (Lipinski definition) is 4. The number of aromatic nitrogens is 1. The third-order valence-corrected chi connectivity index (χ3v) is 8.60. The van der Waals surface area contributed by atoms with Crippen LogP contribution in [0.2, 0.25) is 0 Å². The van der Waals surface area contributed by atoms with Crippen LogP contribution in [0.25, 0.3) is 0 Å². The first-order chi connectivity index (χ1) is 22.4. The Balaban J connectivity index is 1.45. The highest BCUT2D eigenvalue weighted by atomic mass is 16.5. The van der Waals surface area contributed by atoms with Crippen LogP contribution in [0.15, 0.2) is 22.6 Å². The first-order valence-corrected chi connectivity index (χ1v) is 16.1. The predicted molar refractivity (Wildman–Crippen MR) is 171 cm³/mol. The molecule has 1 aromatic heterocycles. The van der Waals surface area contributed by atoms with E-state index < -0.39 is 29.9 Å². The third kappa shape index (κ3) is 8.80. The predicted octanol–water partition coefficient (Wildman–Crippen LogP) is 2.27. The number of piperidine rings is 1. The molecule has 3 heterocycles. The van der Waals surface area contributed by atoms with E-state index in [-0.39, 0.29) is 46.9 Å². The van der Waals surface area contributed by atoms with E-state index >= 15 is 0 Å². The molecular weight excluding hydrogens is 608 g/mol. The average molecular weight is 655 g/mol.